The van der Waals surface area contributed by atoms with Crippen LogP contribution >= 0.6 is 43.6 Å². The summed E-state index contributed by atoms with van der Waals surface area (Å²) >= 11 is 7.47. The molecule has 0 aliphatic carbocycles. The zero-order valence-electron chi connectivity index (χ0n) is 12.8. The van der Waals surface area contributed by atoms with Gasteiger partial charge in [0, 0.05) is 9.79 Å². The number of hydrogen-bond donors (Lipinski definition) is 0. The topological polar surface area (TPSA) is 52.6 Å². The van der Waals surface area contributed by atoms with Crippen molar-refractivity contribution in [3.63, 3.8) is 0 Å². The fourth-order valence-corrected chi connectivity index (χ4v) is 2.59. The molecule has 0 aliphatic rings. The van der Waals surface area contributed by atoms with E-state index in [-0.39, 0.29) is 8.96 Å². The highest BCUT2D eigenvalue weighted by Crippen LogP contribution is 2.30. The average molecular weight is 484 g/mol. The quantitative estimate of drug-likeness (QED) is 0.310. The van der Waals surface area contributed by atoms with Crippen molar-refractivity contribution in [3.05, 3.63) is 70.7 Å². The van der Waals surface area contributed by atoms with Gasteiger partial charge in [0.1, 0.15) is 11.5 Å². The molecular formula is C18H12Br2O4S. The molecular weight excluding hydrogens is 472 g/mol. The molecule has 0 heterocycles. The van der Waals surface area contributed by atoms with E-state index in [1.54, 1.807) is 24.3 Å². The lowest BCUT2D eigenvalue weighted by Crippen LogP contribution is -2.06. The van der Waals surface area contributed by atoms with Gasteiger partial charge in [-0.15, -0.1) is 0 Å². The Morgan fingerprint density at radius 2 is 1.04 bits per heavy atom. The van der Waals surface area contributed by atoms with Crippen LogP contribution < -0.4 is 9.47 Å². The molecule has 2 aromatic rings. The summed E-state index contributed by atoms with van der Waals surface area (Å²) in [6.45, 7) is 6.92. The minimum Gasteiger partial charge on any atom is -0.423 e. The zero-order chi connectivity index (χ0) is 18.4. The second-order valence-corrected chi connectivity index (χ2v) is 7.70. The summed E-state index contributed by atoms with van der Waals surface area (Å²) in [5.41, 5.74) is 0. The molecule has 7 heteroatoms. The van der Waals surface area contributed by atoms with Gasteiger partial charge in [-0.25, -0.2) is 9.59 Å². The number of halogens is 2. The van der Waals surface area contributed by atoms with Crippen LogP contribution in [0.25, 0.3) is 0 Å². The number of esters is 2. The molecule has 128 valence electrons. The molecule has 0 spiro atoms. The number of benzene rings is 2. The van der Waals surface area contributed by atoms with Crippen LogP contribution in [-0.4, -0.2) is 11.9 Å². The second kappa shape index (κ2) is 9.03. The molecule has 0 bridgehead atoms. The van der Waals surface area contributed by atoms with Crippen LogP contribution in [0.1, 0.15) is 0 Å². The predicted octanol–water partition coefficient (Wildman–Crippen LogP) is 5.47. The van der Waals surface area contributed by atoms with E-state index in [0.717, 1.165) is 9.79 Å². The molecule has 0 saturated heterocycles. The summed E-state index contributed by atoms with van der Waals surface area (Å²) in [6, 6.07) is 14.2. The Morgan fingerprint density at radius 3 is 1.32 bits per heavy atom. The Balaban J connectivity index is 1.98. The van der Waals surface area contributed by atoms with Crippen molar-refractivity contribution in [2.24, 2.45) is 0 Å². The van der Waals surface area contributed by atoms with Gasteiger partial charge >= 0.3 is 11.9 Å². The Hall–Kier alpha value is -1.83. The lowest BCUT2D eigenvalue weighted by molar-refractivity contribution is -0.130. The third-order valence-corrected chi connectivity index (χ3v) is 4.41. The van der Waals surface area contributed by atoms with Crippen molar-refractivity contribution in [2.45, 2.75) is 9.79 Å². The Bertz CT molecular complexity index is 744. The van der Waals surface area contributed by atoms with Crippen LogP contribution in [-0.2, 0) is 9.59 Å². The van der Waals surface area contributed by atoms with E-state index in [2.05, 4.69) is 45.0 Å². The summed E-state index contributed by atoms with van der Waals surface area (Å²) in [5, 5.41) is 0. The number of hydrogen-bond acceptors (Lipinski definition) is 5. The van der Waals surface area contributed by atoms with Gasteiger partial charge in [-0.3, -0.25) is 0 Å². The van der Waals surface area contributed by atoms with E-state index in [9.17, 15) is 9.59 Å². The number of ether oxygens (including phenoxy) is 2. The summed E-state index contributed by atoms with van der Waals surface area (Å²) in [4.78, 5) is 24.8. The number of carbonyl (C=O) groups excluding carboxylic acids is 2. The van der Waals surface area contributed by atoms with Crippen LogP contribution in [0.15, 0.2) is 80.4 Å². The van der Waals surface area contributed by atoms with Gasteiger partial charge in [-0.2, -0.15) is 0 Å². The molecule has 0 fully saturated rings. The SMILES string of the molecule is C=C(Br)C(=O)Oc1ccc(Sc2ccc(OC(=O)C(=C)Br)cc2)cc1. The maximum absolute atomic E-state index is 11.4. The molecule has 0 aliphatic heterocycles. The largest absolute Gasteiger partial charge is 0.423 e. The summed E-state index contributed by atoms with van der Waals surface area (Å²) in [5.74, 6) is -0.187. The zero-order valence-corrected chi connectivity index (χ0v) is 16.8. The van der Waals surface area contributed by atoms with E-state index < -0.39 is 11.9 Å². The Kier molecular flexibility index (Phi) is 7.04. The Labute approximate surface area is 166 Å². The van der Waals surface area contributed by atoms with Crippen LogP contribution in [0, 0.1) is 0 Å². The summed E-state index contributed by atoms with van der Waals surface area (Å²) in [6.07, 6.45) is 0. The Morgan fingerprint density at radius 1 is 0.720 bits per heavy atom. The van der Waals surface area contributed by atoms with Crippen LogP contribution in [0.5, 0.6) is 11.5 Å². The average Bonchev–Trinajstić information content (AvgIpc) is 2.58. The third-order valence-electron chi connectivity index (χ3n) is 2.75. The molecule has 0 atom stereocenters. The smallest absolute Gasteiger partial charge is 0.350 e. The van der Waals surface area contributed by atoms with Crippen molar-refractivity contribution in [1.82, 2.24) is 0 Å². The van der Waals surface area contributed by atoms with E-state index in [0.29, 0.717) is 11.5 Å². The van der Waals surface area contributed by atoms with Crippen molar-refractivity contribution >= 4 is 55.6 Å². The van der Waals surface area contributed by atoms with Gasteiger partial charge in [0.25, 0.3) is 0 Å². The minimum atomic E-state index is -0.531. The fourth-order valence-electron chi connectivity index (χ4n) is 1.61. The molecule has 0 N–H and O–H groups in total. The first kappa shape index (κ1) is 19.5. The van der Waals surface area contributed by atoms with E-state index in [1.807, 2.05) is 24.3 Å². The summed E-state index contributed by atoms with van der Waals surface area (Å²) < 4.78 is 10.5. The molecule has 0 radical (unpaired) electrons. The van der Waals surface area contributed by atoms with Gasteiger partial charge in [0.2, 0.25) is 0 Å². The van der Waals surface area contributed by atoms with E-state index >= 15 is 0 Å². The highest BCUT2D eigenvalue weighted by molar-refractivity contribution is 9.12. The normalized spacial score (nSPS) is 10.0. The lowest BCUT2D eigenvalue weighted by atomic mass is 10.3. The molecule has 4 nitrogen and oxygen atoms in total. The standard InChI is InChI=1S/C18H12Br2O4S/c1-11(19)17(21)23-13-3-7-15(8-4-13)25-16-9-5-14(6-10-16)24-18(22)12(2)20/h3-10H,1-2H2. The van der Waals surface area contributed by atoms with Crippen LogP contribution in [0.4, 0.5) is 0 Å². The van der Waals surface area contributed by atoms with E-state index in [4.69, 9.17) is 9.47 Å². The highest BCUT2D eigenvalue weighted by atomic mass is 79.9. The maximum atomic E-state index is 11.4. The fraction of sp³-hybridized carbons (Fsp3) is 0. The monoisotopic (exact) mass is 482 g/mol. The molecule has 0 saturated carbocycles. The molecule has 0 unspecified atom stereocenters. The van der Waals surface area contributed by atoms with Crippen molar-refractivity contribution in [3.8, 4) is 11.5 Å². The van der Waals surface area contributed by atoms with Crippen molar-refractivity contribution < 1.29 is 19.1 Å². The molecule has 25 heavy (non-hydrogen) atoms. The maximum Gasteiger partial charge on any atom is 0.350 e. The van der Waals surface area contributed by atoms with Crippen LogP contribution in [0.2, 0.25) is 0 Å². The van der Waals surface area contributed by atoms with Crippen LogP contribution in [0.3, 0.4) is 0 Å². The number of carbonyl (C=O) groups is 2. The van der Waals surface area contributed by atoms with Gasteiger partial charge in [0.15, 0.2) is 0 Å². The second-order valence-electron chi connectivity index (χ2n) is 4.63. The molecule has 0 amide bonds. The van der Waals surface area contributed by atoms with Gasteiger partial charge in [0.05, 0.1) is 8.96 Å². The molecule has 2 rings (SSSR count). The van der Waals surface area contributed by atoms with Crippen molar-refractivity contribution in [2.75, 3.05) is 0 Å². The highest BCUT2D eigenvalue weighted by Gasteiger charge is 2.08. The molecule has 2 aromatic carbocycles. The molecule has 0 aromatic heterocycles. The third kappa shape index (κ3) is 6.19. The van der Waals surface area contributed by atoms with Gasteiger partial charge in [-0.05, 0) is 80.4 Å². The predicted molar refractivity (Wildman–Crippen MR) is 104 cm³/mol. The lowest BCUT2D eigenvalue weighted by Gasteiger charge is -2.06. The van der Waals surface area contributed by atoms with E-state index in [1.165, 1.54) is 11.8 Å². The van der Waals surface area contributed by atoms with Crippen molar-refractivity contribution in [1.29, 1.82) is 0 Å². The van der Waals surface area contributed by atoms with Gasteiger partial charge < -0.3 is 9.47 Å². The first-order valence-corrected chi connectivity index (χ1v) is 9.26. The minimum absolute atomic E-state index is 0.162. The summed E-state index contributed by atoms with van der Waals surface area (Å²) in [7, 11) is 0. The first-order chi connectivity index (χ1) is 11.8. The van der Waals surface area contributed by atoms with Gasteiger partial charge in [-0.1, -0.05) is 24.9 Å². The number of rotatable bonds is 6. The first-order valence-electron chi connectivity index (χ1n) is 6.86.